The number of hydrogen-bond acceptors (Lipinski definition) is 4. The zero-order chi connectivity index (χ0) is 14.8. The molecule has 1 heterocycles. The minimum absolute atomic E-state index is 0.0265. The van der Waals surface area contributed by atoms with E-state index in [1.54, 1.807) is 6.07 Å². The second kappa shape index (κ2) is 6.55. The van der Waals surface area contributed by atoms with E-state index in [2.05, 4.69) is 20.7 Å². The predicted octanol–water partition coefficient (Wildman–Crippen LogP) is 3.13. The molecule has 0 bridgehead atoms. The molecule has 0 spiro atoms. The fourth-order valence-electron chi connectivity index (χ4n) is 1.54. The molecule has 0 aliphatic heterocycles. The molecule has 2 rings (SSSR count). The Balaban J connectivity index is 2.21. The Morgan fingerprint density at radius 3 is 2.70 bits per heavy atom. The number of hydrogen-bond donors (Lipinski definition) is 2. The van der Waals surface area contributed by atoms with Crippen molar-refractivity contribution in [2.24, 2.45) is 0 Å². The summed E-state index contributed by atoms with van der Waals surface area (Å²) in [4.78, 5) is 0.858. The van der Waals surface area contributed by atoms with Gasteiger partial charge in [0.15, 0.2) is 0 Å². The molecule has 1 aromatic heterocycles. The van der Waals surface area contributed by atoms with Gasteiger partial charge in [-0.15, -0.1) is 11.3 Å². The molecule has 20 heavy (non-hydrogen) atoms. The van der Waals surface area contributed by atoms with Crippen molar-refractivity contribution in [3.63, 3.8) is 0 Å². The largest absolute Gasteiger partial charge is 0.392 e. The Hall–Kier alpha value is -0.440. The molecular formula is C12H11BrClNO3S2. The lowest BCUT2D eigenvalue weighted by Crippen LogP contribution is -2.23. The third-order valence-electron chi connectivity index (χ3n) is 2.53. The molecule has 0 amide bonds. The van der Waals surface area contributed by atoms with Crippen LogP contribution in [0.25, 0.3) is 0 Å². The van der Waals surface area contributed by atoms with Crippen molar-refractivity contribution >= 4 is 48.9 Å². The molecule has 0 unspecified atom stereocenters. The van der Waals surface area contributed by atoms with E-state index in [0.717, 1.165) is 9.35 Å². The van der Waals surface area contributed by atoms with Gasteiger partial charge in [0.1, 0.15) is 4.90 Å². The van der Waals surface area contributed by atoms with Crippen LogP contribution in [0.15, 0.2) is 39.0 Å². The zero-order valence-corrected chi connectivity index (χ0v) is 14.1. The number of aliphatic hydroxyl groups excluding tert-OH is 1. The van der Waals surface area contributed by atoms with Gasteiger partial charge in [-0.05, 0) is 39.7 Å². The molecule has 0 fully saturated rings. The number of aliphatic hydroxyl groups is 1. The van der Waals surface area contributed by atoms with Gasteiger partial charge in [-0.2, -0.15) is 0 Å². The number of benzene rings is 1. The van der Waals surface area contributed by atoms with Gasteiger partial charge < -0.3 is 5.11 Å². The molecule has 108 valence electrons. The second-order valence-corrected chi connectivity index (χ2v) is 8.03. The van der Waals surface area contributed by atoms with Crippen LogP contribution in [-0.4, -0.2) is 13.5 Å². The van der Waals surface area contributed by atoms with Gasteiger partial charge in [0.25, 0.3) is 0 Å². The van der Waals surface area contributed by atoms with E-state index in [1.807, 2.05) is 11.4 Å². The third-order valence-corrected chi connectivity index (χ3v) is 6.11. The molecule has 0 saturated heterocycles. The minimum atomic E-state index is -3.71. The van der Waals surface area contributed by atoms with E-state index in [9.17, 15) is 8.42 Å². The first-order valence-electron chi connectivity index (χ1n) is 5.54. The van der Waals surface area contributed by atoms with Crippen LogP contribution in [0.3, 0.4) is 0 Å². The van der Waals surface area contributed by atoms with Gasteiger partial charge in [0, 0.05) is 21.3 Å². The molecule has 8 heteroatoms. The summed E-state index contributed by atoms with van der Waals surface area (Å²) in [5, 5.41) is 11.1. The third kappa shape index (κ3) is 3.81. The van der Waals surface area contributed by atoms with Crippen molar-refractivity contribution in [3.05, 3.63) is 49.6 Å². The molecule has 4 nitrogen and oxygen atoms in total. The quantitative estimate of drug-likeness (QED) is 0.816. The lowest BCUT2D eigenvalue weighted by atomic mass is 10.2. The van der Waals surface area contributed by atoms with Gasteiger partial charge in [0.05, 0.1) is 11.6 Å². The highest BCUT2D eigenvalue weighted by atomic mass is 79.9. The maximum absolute atomic E-state index is 12.2. The SMILES string of the molecule is O=S(=O)(NCc1cc(Br)cs1)c1cc(CO)ccc1Cl. The summed E-state index contributed by atoms with van der Waals surface area (Å²) >= 11 is 10.7. The van der Waals surface area contributed by atoms with Crippen LogP contribution in [0, 0.1) is 0 Å². The first kappa shape index (κ1) is 15.9. The van der Waals surface area contributed by atoms with Crippen molar-refractivity contribution in [3.8, 4) is 0 Å². The summed E-state index contributed by atoms with van der Waals surface area (Å²) in [5.41, 5.74) is 0.494. The van der Waals surface area contributed by atoms with Crippen molar-refractivity contribution in [1.29, 1.82) is 0 Å². The van der Waals surface area contributed by atoms with Crippen molar-refractivity contribution < 1.29 is 13.5 Å². The van der Waals surface area contributed by atoms with Gasteiger partial charge in [0.2, 0.25) is 10.0 Å². The number of nitrogens with one attached hydrogen (secondary N) is 1. The van der Waals surface area contributed by atoms with Gasteiger partial charge >= 0.3 is 0 Å². The minimum Gasteiger partial charge on any atom is -0.392 e. The normalized spacial score (nSPS) is 11.8. The van der Waals surface area contributed by atoms with Crippen molar-refractivity contribution in [2.75, 3.05) is 0 Å². The monoisotopic (exact) mass is 395 g/mol. The Kier molecular flexibility index (Phi) is 5.22. The summed E-state index contributed by atoms with van der Waals surface area (Å²) in [6.07, 6.45) is 0. The number of rotatable bonds is 5. The maximum atomic E-state index is 12.2. The summed E-state index contributed by atoms with van der Waals surface area (Å²) in [6, 6.07) is 6.26. The van der Waals surface area contributed by atoms with Crippen LogP contribution in [0.1, 0.15) is 10.4 Å². The number of thiophene rings is 1. The summed E-state index contributed by atoms with van der Waals surface area (Å²) in [6.45, 7) is -0.0458. The lowest BCUT2D eigenvalue weighted by Gasteiger charge is -2.09. The Bertz CT molecular complexity index is 715. The standard InChI is InChI=1S/C12H11BrClNO3S2/c13-9-4-10(19-7-9)5-15-20(17,18)12-3-8(6-16)1-2-11(12)14/h1-4,7,15-16H,5-6H2. The van der Waals surface area contributed by atoms with E-state index < -0.39 is 10.0 Å². The first-order valence-corrected chi connectivity index (χ1v) is 9.07. The molecule has 1 aromatic carbocycles. The molecule has 2 aromatic rings. The molecule has 0 atom stereocenters. The summed E-state index contributed by atoms with van der Waals surface area (Å²) in [7, 11) is -3.71. The fraction of sp³-hybridized carbons (Fsp3) is 0.167. The highest BCUT2D eigenvalue weighted by Gasteiger charge is 2.18. The Morgan fingerprint density at radius 1 is 1.35 bits per heavy atom. The summed E-state index contributed by atoms with van der Waals surface area (Å²) < 4.78 is 27.8. The average Bonchev–Trinajstić information content (AvgIpc) is 2.83. The van der Waals surface area contributed by atoms with Crippen LogP contribution in [0.5, 0.6) is 0 Å². The topological polar surface area (TPSA) is 66.4 Å². The van der Waals surface area contributed by atoms with Crippen molar-refractivity contribution in [2.45, 2.75) is 18.0 Å². The zero-order valence-electron chi connectivity index (χ0n) is 10.1. The highest BCUT2D eigenvalue weighted by molar-refractivity contribution is 9.10. The maximum Gasteiger partial charge on any atom is 0.242 e. The molecule has 0 aliphatic carbocycles. The van der Waals surface area contributed by atoms with Crippen LogP contribution in [0.4, 0.5) is 0 Å². The number of halogens is 2. The molecular weight excluding hydrogens is 386 g/mol. The molecule has 2 N–H and O–H groups in total. The predicted molar refractivity (Wildman–Crippen MR) is 83.4 cm³/mol. The van der Waals surface area contributed by atoms with E-state index in [1.165, 1.54) is 23.5 Å². The second-order valence-electron chi connectivity index (χ2n) is 3.98. The van der Waals surface area contributed by atoms with Crippen LogP contribution in [0.2, 0.25) is 5.02 Å². The fourth-order valence-corrected chi connectivity index (χ4v) is 4.58. The smallest absolute Gasteiger partial charge is 0.242 e. The summed E-state index contributed by atoms with van der Waals surface area (Å²) in [5.74, 6) is 0. The number of sulfonamides is 1. The van der Waals surface area contributed by atoms with E-state index in [-0.39, 0.29) is 23.1 Å². The van der Waals surface area contributed by atoms with Crippen LogP contribution < -0.4 is 4.72 Å². The lowest BCUT2D eigenvalue weighted by molar-refractivity contribution is 0.281. The Labute approximate surface area is 134 Å². The molecule has 0 saturated carbocycles. The van der Waals surface area contributed by atoms with Gasteiger partial charge in [-0.1, -0.05) is 17.7 Å². The van der Waals surface area contributed by atoms with Crippen LogP contribution in [-0.2, 0) is 23.2 Å². The van der Waals surface area contributed by atoms with Crippen molar-refractivity contribution in [1.82, 2.24) is 4.72 Å². The van der Waals surface area contributed by atoms with E-state index >= 15 is 0 Å². The molecule has 0 radical (unpaired) electrons. The highest BCUT2D eigenvalue weighted by Crippen LogP contribution is 2.24. The average molecular weight is 397 g/mol. The van der Waals surface area contributed by atoms with Gasteiger partial charge in [-0.3, -0.25) is 0 Å². The first-order chi connectivity index (χ1) is 9.42. The van der Waals surface area contributed by atoms with E-state index in [4.69, 9.17) is 16.7 Å². The van der Waals surface area contributed by atoms with Crippen LogP contribution >= 0.6 is 38.9 Å². The molecule has 0 aliphatic rings. The van der Waals surface area contributed by atoms with Gasteiger partial charge in [-0.25, -0.2) is 13.1 Å². The van der Waals surface area contributed by atoms with E-state index in [0.29, 0.717) is 5.56 Å². The Morgan fingerprint density at radius 2 is 2.10 bits per heavy atom.